The van der Waals surface area contributed by atoms with Crippen LogP contribution in [0.5, 0.6) is 0 Å². The zero-order valence-corrected chi connectivity index (χ0v) is 10.7. The summed E-state index contributed by atoms with van der Waals surface area (Å²) in [4.78, 5) is 3.35. The largest absolute Gasteiger partial charge is 0.361 e. The Morgan fingerprint density at radius 1 is 1.38 bits per heavy atom. The summed E-state index contributed by atoms with van der Waals surface area (Å²) in [6, 6.07) is 6.43. The normalized spacial score (nSPS) is 20.7. The fraction of sp³-hybridized carbons (Fsp3) is 0.385. The number of halogens is 1. The highest BCUT2D eigenvalue weighted by Crippen LogP contribution is 2.25. The molecule has 84 valence electrons. The molecule has 1 aliphatic heterocycles. The average molecular weight is 279 g/mol. The summed E-state index contributed by atoms with van der Waals surface area (Å²) >= 11 is 3.54. The molecule has 0 radical (unpaired) electrons. The lowest BCUT2D eigenvalue weighted by molar-refractivity contribution is 0.582. The van der Waals surface area contributed by atoms with Crippen molar-refractivity contribution in [2.45, 2.75) is 12.8 Å². The van der Waals surface area contributed by atoms with Gasteiger partial charge in [-0.25, -0.2) is 0 Å². The molecule has 1 unspecified atom stereocenters. The van der Waals surface area contributed by atoms with Crippen LogP contribution in [0.3, 0.4) is 0 Å². The summed E-state index contributed by atoms with van der Waals surface area (Å²) in [5.74, 6) is 0.804. The second-order valence-electron chi connectivity index (χ2n) is 4.57. The maximum Gasteiger partial charge on any atom is 0.0457 e. The second kappa shape index (κ2) is 4.22. The Hall–Kier alpha value is -0.800. The number of H-pyrrole nitrogens is 1. The highest BCUT2D eigenvalue weighted by molar-refractivity contribution is 9.10. The van der Waals surface area contributed by atoms with Crippen LogP contribution in [-0.4, -0.2) is 18.1 Å². The van der Waals surface area contributed by atoms with Crippen LogP contribution in [0.25, 0.3) is 10.9 Å². The van der Waals surface area contributed by atoms with Crippen molar-refractivity contribution in [2.75, 3.05) is 13.1 Å². The Labute approximate surface area is 104 Å². The Morgan fingerprint density at radius 3 is 3.12 bits per heavy atom. The van der Waals surface area contributed by atoms with Crippen LogP contribution in [-0.2, 0) is 6.42 Å². The second-order valence-corrected chi connectivity index (χ2v) is 5.48. The molecule has 2 N–H and O–H groups in total. The van der Waals surface area contributed by atoms with E-state index in [0.29, 0.717) is 0 Å². The van der Waals surface area contributed by atoms with Gasteiger partial charge in [-0.05, 0) is 55.6 Å². The molecular formula is C13H15BrN2. The molecule has 1 aliphatic rings. The third-order valence-electron chi connectivity index (χ3n) is 3.40. The van der Waals surface area contributed by atoms with Gasteiger partial charge in [0.05, 0.1) is 0 Å². The summed E-state index contributed by atoms with van der Waals surface area (Å²) in [5, 5.41) is 4.79. The van der Waals surface area contributed by atoms with Gasteiger partial charge in [0, 0.05) is 21.6 Å². The monoisotopic (exact) mass is 278 g/mol. The maximum atomic E-state index is 3.54. The Bertz CT molecular complexity index is 498. The molecule has 1 aromatic heterocycles. The minimum atomic E-state index is 0.804. The first-order valence-electron chi connectivity index (χ1n) is 5.79. The number of aromatic amines is 1. The van der Waals surface area contributed by atoms with Crippen LogP contribution >= 0.6 is 15.9 Å². The van der Waals surface area contributed by atoms with Crippen molar-refractivity contribution in [2.24, 2.45) is 5.92 Å². The van der Waals surface area contributed by atoms with Gasteiger partial charge in [-0.1, -0.05) is 15.9 Å². The topological polar surface area (TPSA) is 27.8 Å². The maximum absolute atomic E-state index is 3.54. The van der Waals surface area contributed by atoms with Crippen LogP contribution in [0.4, 0.5) is 0 Å². The molecule has 0 spiro atoms. The Balaban J connectivity index is 1.93. The van der Waals surface area contributed by atoms with Gasteiger partial charge in [0.2, 0.25) is 0 Å². The van der Waals surface area contributed by atoms with Crippen molar-refractivity contribution in [1.82, 2.24) is 10.3 Å². The smallest absolute Gasteiger partial charge is 0.0457 e. The van der Waals surface area contributed by atoms with E-state index >= 15 is 0 Å². The first kappa shape index (κ1) is 10.4. The molecule has 1 aromatic carbocycles. The molecule has 2 nitrogen and oxygen atoms in total. The summed E-state index contributed by atoms with van der Waals surface area (Å²) in [6.07, 6.45) is 4.65. The number of rotatable bonds is 2. The van der Waals surface area contributed by atoms with Crippen molar-refractivity contribution in [3.63, 3.8) is 0 Å². The lowest BCUT2D eigenvalue weighted by Crippen LogP contribution is -2.10. The number of fused-ring (bicyclic) bond motifs is 1. The number of hydrogen-bond acceptors (Lipinski definition) is 1. The fourth-order valence-corrected chi connectivity index (χ4v) is 2.88. The van der Waals surface area contributed by atoms with Crippen LogP contribution in [0.2, 0.25) is 0 Å². The van der Waals surface area contributed by atoms with E-state index in [1.807, 2.05) is 0 Å². The molecule has 16 heavy (non-hydrogen) atoms. The predicted octanol–water partition coefficient (Wildman–Crippen LogP) is 3.08. The molecule has 0 saturated carbocycles. The molecule has 3 heteroatoms. The highest BCUT2D eigenvalue weighted by atomic mass is 79.9. The van der Waals surface area contributed by atoms with Crippen molar-refractivity contribution in [3.05, 3.63) is 34.4 Å². The molecule has 1 atom stereocenters. The lowest BCUT2D eigenvalue weighted by Gasteiger charge is -2.06. The van der Waals surface area contributed by atoms with Crippen LogP contribution in [0, 0.1) is 5.92 Å². The molecule has 0 aliphatic carbocycles. The van der Waals surface area contributed by atoms with Gasteiger partial charge in [-0.15, -0.1) is 0 Å². The van der Waals surface area contributed by atoms with Crippen LogP contribution in [0.15, 0.2) is 28.9 Å². The van der Waals surface area contributed by atoms with E-state index in [4.69, 9.17) is 0 Å². The third kappa shape index (κ3) is 1.89. The van der Waals surface area contributed by atoms with Crippen molar-refractivity contribution in [3.8, 4) is 0 Å². The Morgan fingerprint density at radius 2 is 2.31 bits per heavy atom. The van der Waals surface area contributed by atoms with Gasteiger partial charge in [-0.2, -0.15) is 0 Å². The molecule has 0 bridgehead atoms. The van der Waals surface area contributed by atoms with Gasteiger partial charge >= 0.3 is 0 Å². The molecule has 2 heterocycles. The van der Waals surface area contributed by atoms with Gasteiger partial charge in [-0.3, -0.25) is 0 Å². The molecule has 1 saturated heterocycles. The number of aromatic nitrogens is 1. The lowest BCUT2D eigenvalue weighted by atomic mass is 9.98. The summed E-state index contributed by atoms with van der Waals surface area (Å²) in [7, 11) is 0. The highest BCUT2D eigenvalue weighted by Gasteiger charge is 2.16. The van der Waals surface area contributed by atoms with Crippen molar-refractivity contribution in [1.29, 1.82) is 0 Å². The van der Waals surface area contributed by atoms with Crippen LogP contribution in [0.1, 0.15) is 12.0 Å². The van der Waals surface area contributed by atoms with Gasteiger partial charge in [0.15, 0.2) is 0 Å². The van der Waals surface area contributed by atoms with E-state index in [2.05, 4.69) is 50.6 Å². The van der Waals surface area contributed by atoms with E-state index in [9.17, 15) is 0 Å². The number of nitrogens with one attached hydrogen (secondary N) is 2. The van der Waals surface area contributed by atoms with Crippen LogP contribution < -0.4 is 5.32 Å². The van der Waals surface area contributed by atoms with E-state index in [-0.39, 0.29) is 0 Å². The number of hydrogen-bond donors (Lipinski definition) is 2. The minimum absolute atomic E-state index is 0.804. The zero-order valence-electron chi connectivity index (χ0n) is 9.09. The molecule has 3 rings (SSSR count). The molecule has 1 fully saturated rings. The Kier molecular flexibility index (Phi) is 2.74. The quantitative estimate of drug-likeness (QED) is 0.868. The molecule has 2 aromatic rings. The summed E-state index contributed by atoms with van der Waals surface area (Å²) in [5.41, 5.74) is 2.69. The van der Waals surface area contributed by atoms with Gasteiger partial charge < -0.3 is 10.3 Å². The minimum Gasteiger partial charge on any atom is -0.361 e. The SMILES string of the molecule is Brc1ccc2[nH]cc(CC3CCNC3)c2c1. The molecular weight excluding hydrogens is 264 g/mol. The summed E-state index contributed by atoms with van der Waals surface area (Å²) < 4.78 is 1.16. The first-order valence-corrected chi connectivity index (χ1v) is 6.58. The zero-order chi connectivity index (χ0) is 11.0. The summed E-state index contributed by atoms with van der Waals surface area (Å²) in [6.45, 7) is 2.34. The van der Waals surface area contributed by atoms with E-state index in [0.717, 1.165) is 10.4 Å². The average Bonchev–Trinajstić information content (AvgIpc) is 2.90. The van der Waals surface area contributed by atoms with E-state index < -0.39 is 0 Å². The number of benzene rings is 1. The van der Waals surface area contributed by atoms with Gasteiger partial charge in [0.25, 0.3) is 0 Å². The fourth-order valence-electron chi connectivity index (χ4n) is 2.52. The standard InChI is InChI=1S/C13H15BrN2/c14-11-1-2-13-12(6-11)10(8-16-13)5-9-3-4-15-7-9/h1-2,6,8-9,15-16H,3-5,7H2. The van der Waals surface area contributed by atoms with Crippen molar-refractivity contribution >= 4 is 26.8 Å². The van der Waals surface area contributed by atoms with Crippen molar-refractivity contribution < 1.29 is 0 Å². The molecule has 0 amide bonds. The predicted molar refractivity (Wildman–Crippen MR) is 70.7 cm³/mol. The third-order valence-corrected chi connectivity index (χ3v) is 3.89. The van der Waals surface area contributed by atoms with Gasteiger partial charge in [0.1, 0.15) is 0 Å². The van der Waals surface area contributed by atoms with E-state index in [1.54, 1.807) is 0 Å². The van der Waals surface area contributed by atoms with E-state index in [1.165, 1.54) is 42.4 Å². The first-order chi connectivity index (χ1) is 7.83.